The van der Waals surface area contributed by atoms with Gasteiger partial charge in [0.15, 0.2) is 5.84 Å². The van der Waals surface area contributed by atoms with Crippen LogP contribution in [0.4, 0.5) is 0 Å². The highest BCUT2D eigenvalue weighted by Crippen LogP contribution is 2.25. The lowest BCUT2D eigenvalue weighted by molar-refractivity contribution is 0.975. The maximum absolute atomic E-state index is 5.42. The van der Waals surface area contributed by atoms with Crippen LogP contribution in [0.5, 0.6) is 0 Å². The van der Waals surface area contributed by atoms with Gasteiger partial charge in [-0.3, -0.25) is 4.99 Å². The number of hydrogen-bond acceptors (Lipinski definition) is 3. The lowest BCUT2D eigenvalue weighted by Crippen LogP contribution is -2.30. The average molecular weight is 195 g/mol. The van der Waals surface area contributed by atoms with E-state index in [4.69, 9.17) is 5.84 Å². The molecule has 1 aliphatic carbocycles. The van der Waals surface area contributed by atoms with E-state index in [1.807, 2.05) is 0 Å². The quantitative estimate of drug-likeness (QED) is 0.324. The predicted molar refractivity (Wildman–Crippen MR) is 55.9 cm³/mol. The molecule has 0 unspecified atom stereocenters. The van der Waals surface area contributed by atoms with E-state index in [-0.39, 0.29) is 0 Å². The molecule has 0 aliphatic heterocycles. The van der Waals surface area contributed by atoms with Crippen LogP contribution in [0.2, 0.25) is 0 Å². The molecule has 0 saturated heterocycles. The van der Waals surface area contributed by atoms with Crippen LogP contribution in [-0.2, 0) is 0 Å². The second-order valence-corrected chi connectivity index (χ2v) is 4.55. The van der Waals surface area contributed by atoms with Crippen molar-refractivity contribution in [1.82, 2.24) is 5.43 Å². The van der Waals surface area contributed by atoms with E-state index in [9.17, 15) is 0 Å². The minimum Gasteiger partial charge on any atom is -0.308 e. The summed E-state index contributed by atoms with van der Waals surface area (Å²) in [7, 11) is 0. The normalized spacial score (nSPS) is 17.5. The first-order valence-electron chi connectivity index (χ1n) is 4.41. The Morgan fingerprint density at radius 1 is 1.62 bits per heavy atom. The zero-order valence-corrected chi connectivity index (χ0v) is 8.40. The number of amidine groups is 1. The molecule has 0 radical (unpaired) electrons. The molecule has 0 bridgehead atoms. The molecule has 1 fully saturated rings. The van der Waals surface area contributed by atoms with Gasteiger partial charge in [-0.1, -0.05) is 0 Å². The largest absolute Gasteiger partial charge is 0.308 e. The number of hydrogen-bond donors (Lipinski definition) is 2. The minimum atomic E-state index is 0.508. The number of nitrogens with two attached hydrogens (primary N) is 1. The van der Waals surface area contributed by atoms with Crippen LogP contribution in [0.3, 0.4) is 0 Å². The van der Waals surface area contributed by atoms with Crippen molar-refractivity contribution >= 4 is 17.2 Å². The number of aliphatic imine (C=N–C) groups is 1. The van der Waals surface area contributed by atoms with Crippen molar-refractivity contribution in [2.75, 3.05) is 0 Å². The Bertz CT molecular complexity index is 325. The van der Waals surface area contributed by atoms with E-state index in [0.717, 1.165) is 10.7 Å². The van der Waals surface area contributed by atoms with E-state index in [2.05, 4.69) is 29.5 Å². The maximum Gasteiger partial charge on any atom is 0.153 e. The molecule has 1 saturated carbocycles. The number of nitrogens with zero attached hydrogens (tertiary/aromatic N) is 1. The lowest BCUT2D eigenvalue weighted by atomic mass is 10.4. The fourth-order valence-electron chi connectivity index (χ4n) is 1.12. The molecule has 3 nitrogen and oxygen atoms in total. The zero-order valence-electron chi connectivity index (χ0n) is 7.58. The van der Waals surface area contributed by atoms with Gasteiger partial charge in [0.05, 0.1) is 10.9 Å². The van der Waals surface area contributed by atoms with Gasteiger partial charge < -0.3 is 5.43 Å². The standard InChI is InChI=1S/C9H13N3S/c1-6-2-5-8(13-6)9(12-10)11-7-3-4-7/h2,5,7H,3-4,10H2,1H3,(H,11,12). The Morgan fingerprint density at radius 3 is 2.85 bits per heavy atom. The van der Waals surface area contributed by atoms with Gasteiger partial charge in [0.1, 0.15) is 0 Å². The highest BCUT2D eigenvalue weighted by molar-refractivity contribution is 7.14. The van der Waals surface area contributed by atoms with Crippen molar-refractivity contribution < 1.29 is 0 Å². The molecule has 0 amide bonds. The molecule has 1 aliphatic rings. The van der Waals surface area contributed by atoms with Crippen LogP contribution in [0.15, 0.2) is 17.1 Å². The number of thiophene rings is 1. The minimum absolute atomic E-state index is 0.508. The van der Waals surface area contributed by atoms with Crippen LogP contribution in [-0.4, -0.2) is 11.9 Å². The van der Waals surface area contributed by atoms with E-state index >= 15 is 0 Å². The molecule has 13 heavy (non-hydrogen) atoms. The molecule has 0 spiro atoms. The molecule has 1 heterocycles. The number of hydrazine groups is 1. The van der Waals surface area contributed by atoms with Crippen molar-refractivity contribution in [1.29, 1.82) is 0 Å². The first-order chi connectivity index (χ1) is 6.29. The topological polar surface area (TPSA) is 50.4 Å². The Hall–Kier alpha value is -0.870. The third-order valence-electron chi connectivity index (χ3n) is 1.97. The molecule has 1 aromatic rings. The van der Waals surface area contributed by atoms with Gasteiger partial charge in [0, 0.05) is 4.88 Å². The summed E-state index contributed by atoms with van der Waals surface area (Å²) in [5, 5.41) is 0. The molecule has 1 aromatic heterocycles. The fraction of sp³-hybridized carbons (Fsp3) is 0.444. The second-order valence-electron chi connectivity index (χ2n) is 3.26. The van der Waals surface area contributed by atoms with Crippen molar-refractivity contribution in [3.8, 4) is 0 Å². The first kappa shape index (κ1) is 8.72. The van der Waals surface area contributed by atoms with Crippen molar-refractivity contribution in [3.63, 3.8) is 0 Å². The summed E-state index contributed by atoms with van der Waals surface area (Å²) >= 11 is 1.72. The molecule has 2 rings (SSSR count). The second kappa shape index (κ2) is 3.47. The summed E-state index contributed by atoms with van der Waals surface area (Å²) in [6.45, 7) is 2.08. The van der Waals surface area contributed by atoms with Gasteiger partial charge in [-0.05, 0) is 31.9 Å². The van der Waals surface area contributed by atoms with Gasteiger partial charge in [-0.2, -0.15) is 0 Å². The highest BCUT2D eigenvalue weighted by Gasteiger charge is 2.21. The van der Waals surface area contributed by atoms with Crippen molar-refractivity contribution in [2.45, 2.75) is 25.8 Å². The average Bonchev–Trinajstić information content (AvgIpc) is 2.84. The number of rotatable bonds is 2. The molecule has 3 N–H and O–H groups in total. The summed E-state index contributed by atoms with van der Waals surface area (Å²) < 4.78 is 0. The molecule has 0 aromatic carbocycles. The third kappa shape index (κ3) is 2.08. The molecular weight excluding hydrogens is 182 g/mol. The number of aryl methyl sites for hydroxylation is 1. The van der Waals surface area contributed by atoms with E-state index in [1.165, 1.54) is 17.7 Å². The van der Waals surface area contributed by atoms with E-state index in [0.29, 0.717) is 6.04 Å². The smallest absolute Gasteiger partial charge is 0.153 e. The summed E-state index contributed by atoms with van der Waals surface area (Å²) in [6.07, 6.45) is 2.41. The van der Waals surface area contributed by atoms with Crippen molar-refractivity contribution in [3.05, 3.63) is 21.9 Å². The van der Waals surface area contributed by atoms with Gasteiger partial charge in [-0.15, -0.1) is 11.3 Å². The monoisotopic (exact) mass is 195 g/mol. The molecule has 4 heteroatoms. The van der Waals surface area contributed by atoms with Crippen LogP contribution in [0, 0.1) is 6.92 Å². The van der Waals surface area contributed by atoms with Crippen LogP contribution in [0.25, 0.3) is 0 Å². The van der Waals surface area contributed by atoms with Gasteiger partial charge >= 0.3 is 0 Å². The highest BCUT2D eigenvalue weighted by atomic mass is 32.1. The molecular formula is C9H13N3S. The zero-order chi connectivity index (χ0) is 9.26. The van der Waals surface area contributed by atoms with Crippen LogP contribution in [0.1, 0.15) is 22.6 Å². The van der Waals surface area contributed by atoms with Gasteiger partial charge in [0.2, 0.25) is 0 Å². The fourth-order valence-corrected chi connectivity index (χ4v) is 1.95. The number of nitrogens with one attached hydrogen (secondary N) is 1. The molecule has 70 valence electrons. The molecule has 0 atom stereocenters. The predicted octanol–water partition coefficient (Wildman–Crippen LogP) is 1.43. The van der Waals surface area contributed by atoms with E-state index in [1.54, 1.807) is 11.3 Å². The Balaban J connectivity index is 2.20. The SMILES string of the molecule is Cc1ccc(C(=NC2CC2)NN)s1. The first-order valence-corrected chi connectivity index (χ1v) is 5.22. The van der Waals surface area contributed by atoms with Crippen LogP contribution >= 0.6 is 11.3 Å². The van der Waals surface area contributed by atoms with E-state index < -0.39 is 0 Å². The lowest BCUT2D eigenvalue weighted by Gasteiger charge is -2.01. The summed E-state index contributed by atoms with van der Waals surface area (Å²) in [5.74, 6) is 6.25. The van der Waals surface area contributed by atoms with Gasteiger partial charge in [0.25, 0.3) is 0 Å². The van der Waals surface area contributed by atoms with Crippen LogP contribution < -0.4 is 11.3 Å². The van der Waals surface area contributed by atoms with Crippen molar-refractivity contribution in [2.24, 2.45) is 10.8 Å². The Morgan fingerprint density at radius 2 is 2.38 bits per heavy atom. The Kier molecular flexibility index (Phi) is 2.33. The summed E-state index contributed by atoms with van der Waals surface area (Å²) in [6, 6.07) is 4.65. The van der Waals surface area contributed by atoms with Gasteiger partial charge in [-0.25, -0.2) is 5.84 Å². The Labute approximate surface area is 81.6 Å². The summed E-state index contributed by atoms with van der Waals surface area (Å²) in [4.78, 5) is 6.90. The summed E-state index contributed by atoms with van der Waals surface area (Å²) in [5.41, 5.74) is 2.66. The third-order valence-corrected chi connectivity index (χ3v) is 2.98. The maximum atomic E-state index is 5.42.